The molecule has 0 spiro atoms. The van der Waals surface area contributed by atoms with E-state index < -0.39 is 9.84 Å². The molecule has 0 saturated carbocycles. The Morgan fingerprint density at radius 3 is 2.68 bits per heavy atom. The van der Waals surface area contributed by atoms with Crippen molar-refractivity contribution in [2.45, 2.75) is 25.9 Å². The first-order valence-electron chi connectivity index (χ1n) is 9.38. The number of hydrogen-bond donors (Lipinski definition) is 0. The lowest BCUT2D eigenvalue weighted by molar-refractivity contribution is 0.344. The smallest absolute Gasteiger partial charge is 0.164 e. The van der Waals surface area contributed by atoms with Crippen LogP contribution in [0.3, 0.4) is 0 Å². The van der Waals surface area contributed by atoms with Gasteiger partial charge in [-0.1, -0.05) is 47.7 Å². The van der Waals surface area contributed by atoms with Crippen molar-refractivity contribution >= 4 is 32.5 Å². The number of thioether (sulfide) groups is 1. The lowest BCUT2D eigenvalue weighted by atomic mass is 10.1. The van der Waals surface area contributed by atoms with Crippen LogP contribution in [-0.2, 0) is 9.84 Å². The largest absolute Gasteiger partial charge is 0.493 e. The van der Waals surface area contributed by atoms with Crippen LogP contribution in [0.5, 0.6) is 5.75 Å². The number of nitrogens with zero attached hydrogens (tertiary/aromatic N) is 2. The zero-order valence-electron chi connectivity index (χ0n) is 16.0. The number of aliphatic imine (C=N–C) groups is 1. The van der Waals surface area contributed by atoms with Crippen LogP contribution in [0.1, 0.15) is 11.1 Å². The Labute approximate surface area is 170 Å². The molecule has 1 saturated heterocycles. The van der Waals surface area contributed by atoms with Crippen LogP contribution in [0.4, 0.5) is 5.69 Å². The number of rotatable bonds is 5. The van der Waals surface area contributed by atoms with E-state index in [1.54, 1.807) is 11.8 Å². The van der Waals surface area contributed by atoms with Crippen molar-refractivity contribution in [3.63, 3.8) is 0 Å². The Kier molecular flexibility index (Phi) is 5.38. The molecule has 2 aliphatic rings. The molecule has 28 heavy (non-hydrogen) atoms. The van der Waals surface area contributed by atoms with Crippen LogP contribution >= 0.6 is 11.8 Å². The van der Waals surface area contributed by atoms with Crippen LogP contribution in [0, 0.1) is 13.8 Å². The van der Waals surface area contributed by atoms with E-state index in [1.807, 2.05) is 30.3 Å². The second kappa shape index (κ2) is 7.79. The van der Waals surface area contributed by atoms with Crippen LogP contribution in [0.25, 0.3) is 0 Å². The second-order valence-electron chi connectivity index (χ2n) is 7.29. The number of ether oxygens (including phenoxy) is 1. The number of aryl methyl sites for hydroxylation is 2. The van der Waals surface area contributed by atoms with Gasteiger partial charge in [-0.3, -0.25) is 4.99 Å². The van der Waals surface area contributed by atoms with Gasteiger partial charge < -0.3 is 9.64 Å². The molecule has 148 valence electrons. The summed E-state index contributed by atoms with van der Waals surface area (Å²) in [7, 11) is -3.03. The van der Waals surface area contributed by atoms with E-state index in [4.69, 9.17) is 9.73 Å². The van der Waals surface area contributed by atoms with Gasteiger partial charge in [-0.25, -0.2) is 8.42 Å². The minimum atomic E-state index is -3.03. The fraction of sp³-hybridized carbons (Fsp3) is 0.381. The molecule has 5 nitrogen and oxygen atoms in total. The van der Waals surface area contributed by atoms with Crippen molar-refractivity contribution in [2.24, 2.45) is 4.99 Å². The average Bonchev–Trinajstić information content (AvgIpc) is 3.11. The minimum Gasteiger partial charge on any atom is -0.493 e. The highest BCUT2D eigenvalue weighted by Gasteiger charge is 2.47. The van der Waals surface area contributed by atoms with Gasteiger partial charge >= 0.3 is 0 Å². The van der Waals surface area contributed by atoms with Crippen molar-refractivity contribution in [2.75, 3.05) is 28.8 Å². The molecular weight excluding hydrogens is 392 g/mol. The quantitative estimate of drug-likeness (QED) is 0.699. The number of para-hydroxylation sites is 1. The Balaban J connectivity index is 1.50. The summed E-state index contributed by atoms with van der Waals surface area (Å²) < 4.78 is 30.1. The third-order valence-electron chi connectivity index (χ3n) is 5.05. The highest BCUT2D eigenvalue weighted by molar-refractivity contribution is 8.14. The molecule has 2 aliphatic heterocycles. The predicted molar refractivity (Wildman–Crippen MR) is 116 cm³/mol. The van der Waals surface area contributed by atoms with Crippen molar-refractivity contribution in [3.05, 3.63) is 59.7 Å². The van der Waals surface area contributed by atoms with Crippen LogP contribution < -0.4 is 9.64 Å². The lowest BCUT2D eigenvalue weighted by Crippen LogP contribution is -2.39. The monoisotopic (exact) mass is 416 g/mol. The minimum absolute atomic E-state index is 0.107. The highest BCUT2D eigenvalue weighted by Crippen LogP contribution is 2.36. The van der Waals surface area contributed by atoms with E-state index in [-0.39, 0.29) is 23.6 Å². The normalized spacial score (nSPS) is 22.8. The molecule has 0 amide bonds. The van der Waals surface area contributed by atoms with Crippen LogP contribution in [-0.4, -0.2) is 49.5 Å². The molecule has 0 bridgehead atoms. The number of amidine groups is 1. The first-order chi connectivity index (χ1) is 13.4. The maximum atomic E-state index is 12.2. The molecular formula is C21H24N2O3S2. The van der Waals surface area contributed by atoms with E-state index >= 15 is 0 Å². The number of hydrogen-bond acceptors (Lipinski definition) is 6. The summed E-state index contributed by atoms with van der Waals surface area (Å²) in [5.74, 6) is 1.91. The van der Waals surface area contributed by atoms with Gasteiger partial charge in [0.05, 0.1) is 30.2 Å². The van der Waals surface area contributed by atoms with E-state index in [9.17, 15) is 8.42 Å². The number of anilines is 1. The Morgan fingerprint density at radius 1 is 1.14 bits per heavy atom. The summed E-state index contributed by atoms with van der Waals surface area (Å²) in [6.07, 6.45) is 0. The molecule has 2 heterocycles. The molecule has 2 aromatic rings. The Morgan fingerprint density at radius 2 is 1.93 bits per heavy atom. The first-order valence-corrected chi connectivity index (χ1v) is 12.2. The van der Waals surface area contributed by atoms with Crippen molar-refractivity contribution < 1.29 is 13.2 Å². The topological polar surface area (TPSA) is 59.0 Å². The van der Waals surface area contributed by atoms with Gasteiger partial charge in [-0.2, -0.15) is 0 Å². The third kappa shape index (κ3) is 4.05. The predicted octanol–water partition coefficient (Wildman–Crippen LogP) is 3.46. The summed E-state index contributed by atoms with van der Waals surface area (Å²) in [5.41, 5.74) is 3.38. The summed E-state index contributed by atoms with van der Waals surface area (Å²) in [4.78, 5) is 6.92. The standard InChI is InChI=1S/C21H24N2O3S2/c1-15-8-9-19(16(2)12-15)23-20-14-28(24,25)13-18(20)22-21(23)27-11-10-26-17-6-4-3-5-7-17/h3-9,12,18,20H,10-11,13-14H2,1-2H3. The van der Waals surface area contributed by atoms with Gasteiger partial charge in [-0.05, 0) is 37.6 Å². The molecule has 0 radical (unpaired) electrons. The summed E-state index contributed by atoms with van der Waals surface area (Å²) in [6, 6.07) is 15.7. The third-order valence-corrected chi connectivity index (χ3v) is 7.68. The Bertz CT molecular complexity index is 990. The van der Waals surface area contributed by atoms with Gasteiger partial charge in [0, 0.05) is 11.4 Å². The number of fused-ring (bicyclic) bond motifs is 1. The van der Waals surface area contributed by atoms with E-state index in [1.165, 1.54) is 5.56 Å². The molecule has 0 aliphatic carbocycles. The molecule has 2 atom stereocenters. The van der Waals surface area contributed by atoms with Gasteiger partial charge in [0.25, 0.3) is 0 Å². The number of benzene rings is 2. The molecule has 7 heteroatoms. The average molecular weight is 417 g/mol. The van der Waals surface area contributed by atoms with Crippen LogP contribution in [0.15, 0.2) is 53.5 Å². The van der Waals surface area contributed by atoms with Gasteiger partial charge in [-0.15, -0.1) is 0 Å². The van der Waals surface area contributed by atoms with E-state index in [2.05, 4.69) is 36.9 Å². The fourth-order valence-electron chi connectivity index (χ4n) is 3.80. The molecule has 0 aromatic heterocycles. The van der Waals surface area contributed by atoms with Crippen LogP contribution in [0.2, 0.25) is 0 Å². The van der Waals surface area contributed by atoms with Gasteiger partial charge in [0.2, 0.25) is 0 Å². The maximum Gasteiger partial charge on any atom is 0.164 e. The zero-order chi connectivity index (χ0) is 19.7. The highest BCUT2D eigenvalue weighted by atomic mass is 32.2. The number of sulfone groups is 1. The summed E-state index contributed by atoms with van der Waals surface area (Å²) in [5, 5.41) is 0.897. The lowest BCUT2D eigenvalue weighted by Gasteiger charge is -2.28. The first kappa shape index (κ1) is 19.3. The Hall–Kier alpha value is -1.99. The van der Waals surface area contributed by atoms with Gasteiger partial charge in [0.15, 0.2) is 15.0 Å². The molecule has 4 rings (SSSR count). The van der Waals surface area contributed by atoms with Crippen molar-refractivity contribution in [1.82, 2.24) is 0 Å². The molecule has 2 aromatic carbocycles. The van der Waals surface area contributed by atoms with E-state index in [0.29, 0.717) is 6.61 Å². The molecule has 1 fully saturated rings. The van der Waals surface area contributed by atoms with Crippen molar-refractivity contribution in [3.8, 4) is 5.75 Å². The summed E-state index contributed by atoms with van der Waals surface area (Å²) in [6.45, 7) is 4.70. The second-order valence-corrected chi connectivity index (χ2v) is 10.5. The molecule has 2 unspecified atom stereocenters. The molecule has 0 N–H and O–H groups in total. The maximum absolute atomic E-state index is 12.2. The van der Waals surface area contributed by atoms with E-state index in [0.717, 1.165) is 27.9 Å². The van der Waals surface area contributed by atoms with Crippen molar-refractivity contribution in [1.29, 1.82) is 0 Å². The summed E-state index contributed by atoms with van der Waals surface area (Å²) >= 11 is 1.63. The van der Waals surface area contributed by atoms with Gasteiger partial charge in [0.1, 0.15) is 5.75 Å². The zero-order valence-corrected chi connectivity index (χ0v) is 17.7. The SMILES string of the molecule is Cc1ccc(N2C(SCCOc3ccccc3)=NC3CS(=O)(=O)CC32)c(C)c1. The fourth-order valence-corrected chi connectivity index (χ4v) is 6.58.